The highest BCUT2D eigenvalue weighted by Crippen LogP contribution is 2.43. The summed E-state index contributed by atoms with van der Waals surface area (Å²) in [5.74, 6) is 1.50. The molecule has 0 spiro atoms. The van der Waals surface area contributed by atoms with E-state index in [0.717, 1.165) is 36.8 Å². The van der Waals surface area contributed by atoms with Crippen molar-refractivity contribution in [2.24, 2.45) is 0 Å². The van der Waals surface area contributed by atoms with Gasteiger partial charge in [-0.25, -0.2) is 4.79 Å². The number of hydrogen-bond donors (Lipinski definition) is 3. The predicted molar refractivity (Wildman–Crippen MR) is 167 cm³/mol. The second kappa shape index (κ2) is 11.9. The maximum atomic E-state index is 12.3. The number of para-hydroxylation sites is 1. The SMILES string of the molecule is O=C(O)c1ccccc1-c1c2ccc(=O)cc-2oc2c(CNc3ccccc3CN3CCSSCC3)c(O)ccc12. The molecule has 2 heterocycles. The summed E-state index contributed by atoms with van der Waals surface area (Å²) in [6, 6.07) is 22.8. The lowest BCUT2D eigenvalue weighted by Crippen LogP contribution is -2.27. The van der Waals surface area contributed by atoms with Crippen LogP contribution in [0.25, 0.3) is 33.4 Å². The highest BCUT2D eigenvalue weighted by atomic mass is 33.1. The Hall–Kier alpha value is -3.92. The van der Waals surface area contributed by atoms with Gasteiger partial charge in [-0.05, 0) is 47.5 Å². The van der Waals surface area contributed by atoms with Gasteiger partial charge >= 0.3 is 5.97 Å². The molecule has 0 unspecified atom stereocenters. The number of hydrogen-bond acceptors (Lipinski definition) is 8. The van der Waals surface area contributed by atoms with E-state index in [1.807, 2.05) is 39.8 Å². The standard InChI is InChI=1S/C32H28N2O5S2/c35-21-9-10-24-29(17-21)39-31-25(30(24)22-6-2-3-7-23(22)32(37)38)11-12-28(36)26(31)18-33-27-8-4-1-5-20(27)19-34-13-15-40-41-16-14-34/h1-12,17,33,36H,13-16,18-19H2,(H,37,38). The van der Waals surface area contributed by atoms with Crippen LogP contribution in [0.3, 0.4) is 0 Å². The first kappa shape index (κ1) is 27.3. The number of rotatable bonds is 7. The number of carboxylic acids is 1. The molecule has 1 saturated heterocycles. The molecule has 3 aromatic rings. The van der Waals surface area contributed by atoms with E-state index in [1.165, 1.54) is 17.7 Å². The zero-order valence-electron chi connectivity index (χ0n) is 22.1. The number of phenolic OH excluding ortho intramolecular Hbond substituents is 1. The number of carbonyl (C=O) groups is 1. The molecule has 1 aliphatic carbocycles. The zero-order valence-corrected chi connectivity index (χ0v) is 23.8. The number of anilines is 1. The van der Waals surface area contributed by atoms with Gasteiger partial charge in [-0.1, -0.05) is 58.0 Å². The summed E-state index contributed by atoms with van der Waals surface area (Å²) in [5, 5.41) is 25.1. The Morgan fingerprint density at radius 1 is 0.927 bits per heavy atom. The lowest BCUT2D eigenvalue weighted by Gasteiger charge is -2.22. The molecular weight excluding hydrogens is 556 g/mol. The summed E-state index contributed by atoms with van der Waals surface area (Å²) in [5.41, 5.74) is 4.72. The van der Waals surface area contributed by atoms with Gasteiger partial charge in [0.1, 0.15) is 17.1 Å². The Morgan fingerprint density at radius 2 is 1.68 bits per heavy atom. The van der Waals surface area contributed by atoms with Crippen LogP contribution in [0.15, 0.2) is 88.1 Å². The Morgan fingerprint density at radius 3 is 2.49 bits per heavy atom. The van der Waals surface area contributed by atoms with Crippen molar-refractivity contribution >= 4 is 44.2 Å². The summed E-state index contributed by atoms with van der Waals surface area (Å²) >= 11 is 0. The number of nitrogens with zero attached hydrogens (tertiary/aromatic N) is 1. The summed E-state index contributed by atoms with van der Waals surface area (Å²) < 4.78 is 6.30. The third kappa shape index (κ3) is 5.66. The van der Waals surface area contributed by atoms with Gasteiger partial charge in [-0.3, -0.25) is 9.69 Å². The highest BCUT2D eigenvalue weighted by Gasteiger charge is 2.24. The van der Waals surface area contributed by atoms with Crippen molar-refractivity contribution in [3.63, 3.8) is 0 Å². The molecule has 6 rings (SSSR count). The van der Waals surface area contributed by atoms with Gasteiger partial charge in [0.25, 0.3) is 0 Å². The van der Waals surface area contributed by atoms with Crippen molar-refractivity contribution in [1.82, 2.24) is 4.90 Å². The van der Waals surface area contributed by atoms with E-state index in [1.54, 1.807) is 42.5 Å². The molecule has 7 nitrogen and oxygen atoms in total. The highest BCUT2D eigenvalue weighted by molar-refractivity contribution is 8.76. The van der Waals surface area contributed by atoms with Gasteiger partial charge in [0, 0.05) is 66.0 Å². The second-order valence-corrected chi connectivity index (χ2v) is 12.6. The fourth-order valence-electron chi connectivity index (χ4n) is 5.30. The smallest absolute Gasteiger partial charge is 0.336 e. The van der Waals surface area contributed by atoms with Gasteiger partial charge in [0.15, 0.2) is 5.43 Å². The molecule has 3 aliphatic rings. The van der Waals surface area contributed by atoms with Gasteiger partial charge in [0.2, 0.25) is 0 Å². The Kier molecular flexibility index (Phi) is 7.91. The lowest BCUT2D eigenvalue weighted by molar-refractivity contribution is 0.0697. The van der Waals surface area contributed by atoms with Gasteiger partial charge in [-0.2, -0.15) is 0 Å². The van der Waals surface area contributed by atoms with Crippen molar-refractivity contribution in [3.8, 4) is 28.2 Å². The van der Waals surface area contributed by atoms with E-state index in [2.05, 4.69) is 16.3 Å². The first-order chi connectivity index (χ1) is 20.0. The fraction of sp³-hybridized carbons (Fsp3) is 0.188. The second-order valence-electron chi connectivity index (χ2n) is 9.86. The monoisotopic (exact) mass is 584 g/mol. The molecule has 0 radical (unpaired) electrons. The average Bonchev–Trinajstić information content (AvgIpc) is 3.25. The number of nitrogens with one attached hydrogen (secondary N) is 1. The minimum Gasteiger partial charge on any atom is -0.507 e. The Labute approximate surface area is 244 Å². The van der Waals surface area contributed by atoms with Crippen LogP contribution in [-0.2, 0) is 13.1 Å². The van der Waals surface area contributed by atoms with Crippen LogP contribution >= 0.6 is 21.6 Å². The van der Waals surface area contributed by atoms with Crippen LogP contribution < -0.4 is 10.7 Å². The Bertz CT molecular complexity index is 1760. The lowest BCUT2D eigenvalue weighted by atomic mass is 9.90. The third-order valence-electron chi connectivity index (χ3n) is 7.30. The summed E-state index contributed by atoms with van der Waals surface area (Å²) in [6.45, 7) is 3.15. The van der Waals surface area contributed by atoms with Crippen LogP contribution in [0.1, 0.15) is 21.5 Å². The quantitative estimate of drug-likeness (QED) is 0.141. The number of aromatic hydroxyl groups is 1. The first-order valence-corrected chi connectivity index (χ1v) is 15.8. The van der Waals surface area contributed by atoms with Crippen molar-refractivity contribution in [1.29, 1.82) is 0 Å². The molecule has 9 heteroatoms. The molecule has 0 atom stereocenters. The molecule has 0 amide bonds. The molecular formula is C32H28N2O5S2. The molecule has 1 fully saturated rings. The largest absolute Gasteiger partial charge is 0.507 e. The minimum absolute atomic E-state index is 0.0443. The van der Waals surface area contributed by atoms with E-state index in [-0.39, 0.29) is 23.3 Å². The zero-order chi connectivity index (χ0) is 28.3. The molecule has 3 aromatic carbocycles. The van der Waals surface area contributed by atoms with Crippen LogP contribution in [0.2, 0.25) is 0 Å². The van der Waals surface area contributed by atoms with Crippen LogP contribution in [0.4, 0.5) is 5.69 Å². The fourth-order valence-corrected chi connectivity index (χ4v) is 7.36. The van der Waals surface area contributed by atoms with E-state index < -0.39 is 5.97 Å². The van der Waals surface area contributed by atoms with Gasteiger partial charge < -0.3 is 19.9 Å². The van der Waals surface area contributed by atoms with Gasteiger partial charge in [-0.15, -0.1) is 0 Å². The van der Waals surface area contributed by atoms with Crippen LogP contribution in [0, 0.1) is 0 Å². The van der Waals surface area contributed by atoms with Crippen molar-refractivity contribution < 1.29 is 19.4 Å². The van der Waals surface area contributed by atoms with E-state index in [0.29, 0.717) is 39.0 Å². The third-order valence-corrected chi connectivity index (χ3v) is 9.66. The van der Waals surface area contributed by atoms with Gasteiger partial charge in [0.05, 0.1) is 11.1 Å². The van der Waals surface area contributed by atoms with Crippen molar-refractivity contribution in [2.75, 3.05) is 29.9 Å². The molecule has 208 valence electrons. The molecule has 41 heavy (non-hydrogen) atoms. The number of fused-ring (bicyclic) bond motifs is 2. The van der Waals surface area contributed by atoms with E-state index in [9.17, 15) is 19.8 Å². The molecule has 0 bridgehead atoms. The number of benzene rings is 4. The molecule has 3 N–H and O–H groups in total. The summed E-state index contributed by atoms with van der Waals surface area (Å²) in [4.78, 5) is 26.9. The van der Waals surface area contributed by atoms with E-state index >= 15 is 0 Å². The van der Waals surface area contributed by atoms with Crippen molar-refractivity contribution in [3.05, 3.63) is 106 Å². The predicted octanol–water partition coefficient (Wildman–Crippen LogP) is 6.78. The number of phenols is 1. The summed E-state index contributed by atoms with van der Waals surface area (Å²) in [6.07, 6.45) is 0. The average molecular weight is 585 g/mol. The maximum Gasteiger partial charge on any atom is 0.336 e. The molecule has 0 saturated carbocycles. The molecule has 0 aromatic heterocycles. The first-order valence-electron chi connectivity index (χ1n) is 13.3. The maximum absolute atomic E-state index is 12.3. The Balaban J connectivity index is 1.45. The molecule has 2 aliphatic heterocycles. The van der Waals surface area contributed by atoms with Crippen LogP contribution in [0.5, 0.6) is 5.75 Å². The normalized spacial score (nSPS) is 14.2. The summed E-state index contributed by atoms with van der Waals surface area (Å²) in [7, 11) is 3.83. The van der Waals surface area contributed by atoms with E-state index in [4.69, 9.17) is 4.42 Å². The number of carboxylic acid groups (broad SMARTS) is 1. The van der Waals surface area contributed by atoms with Crippen molar-refractivity contribution in [2.45, 2.75) is 13.1 Å². The topological polar surface area (TPSA) is 103 Å². The van der Waals surface area contributed by atoms with Crippen LogP contribution in [-0.4, -0.2) is 45.7 Å². The minimum atomic E-state index is -1.05. The number of aromatic carboxylic acids is 1.